The lowest BCUT2D eigenvalue weighted by Gasteiger charge is -2.44. The smallest absolute Gasteiger partial charge is 0.0613 e. The highest BCUT2D eigenvalue weighted by Gasteiger charge is 2.37. The molecule has 1 fully saturated rings. The zero-order chi connectivity index (χ0) is 15.2. The van der Waals surface area contributed by atoms with Crippen molar-refractivity contribution in [3.05, 3.63) is 0 Å². The molecule has 0 radical (unpaired) electrons. The van der Waals surface area contributed by atoms with Gasteiger partial charge in [0, 0.05) is 17.6 Å². The van der Waals surface area contributed by atoms with E-state index in [2.05, 4.69) is 50.1 Å². The maximum atomic E-state index is 9.85. The summed E-state index contributed by atoms with van der Waals surface area (Å²) in [5.74, 6) is 0. The Labute approximate surface area is 125 Å². The van der Waals surface area contributed by atoms with Crippen molar-refractivity contribution in [2.75, 3.05) is 40.8 Å². The molecule has 1 aliphatic rings. The molecule has 0 bridgehead atoms. The van der Waals surface area contributed by atoms with E-state index in [-0.39, 0.29) is 12.1 Å². The molecule has 1 aliphatic carbocycles. The summed E-state index contributed by atoms with van der Waals surface area (Å²) in [5.41, 5.74) is -0.0626. The van der Waals surface area contributed by atoms with Gasteiger partial charge < -0.3 is 20.2 Å². The molecule has 0 aromatic rings. The molecular weight excluding hydrogens is 250 g/mol. The van der Waals surface area contributed by atoms with Crippen molar-refractivity contribution in [3.8, 4) is 0 Å². The van der Waals surface area contributed by atoms with Gasteiger partial charge in [-0.15, -0.1) is 0 Å². The monoisotopic (exact) mass is 285 g/mol. The van der Waals surface area contributed by atoms with E-state index in [1.54, 1.807) is 0 Å². The van der Waals surface area contributed by atoms with Gasteiger partial charge in [-0.2, -0.15) is 0 Å². The Hall–Kier alpha value is -0.160. The lowest BCUT2D eigenvalue weighted by molar-refractivity contribution is 0.0629. The van der Waals surface area contributed by atoms with E-state index < -0.39 is 0 Å². The summed E-state index contributed by atoms with van der Waals surface area (Å²) in [5, 5.41) is 13.5. The van der Waals surface area contributed by atoms with Crippen molar-refractivity contribution in [1.29, 1.82) is 0 Å². The van der Waals surface area contributed by atoms with Crippen molar-refractivity contribution < 1.29 is 5.11 Å². The molecule has 0 spiro atoms. The van der Waals surface area contributed by atoms with Gasteiger partial charge >= 0.3 is 0 Å². The molecule has 20 heavy (non-hydrogen) atoms. The van der Waals surface area contributed by atoms with Crippen molar-refractivity contribution in [3.63, 3.8) is 0 Å². The van der Waals surface area contributed by atoms with Crippen molar-refractivity contribution >= 4 is 0 Å². The first-order chi connectivity index (χ1) is 9.38. The minimum atomic E-state index is -0.0626. The van der Waals surface area contributed by atoms with E-state index in [9.17, 15) is 5.11 Å². The van der Waals surface area contributed by atoms with Gasteiger partial charge in [-0.1, -0.05) is 13.8 Å². The largest absolute Gasteiger partial charge is 0.394 e. The van der Waals surface area contributed by atoms with E-state index in [0.29, 0.717) is 12.1 Å². The standard InChI is InChI=1S/C16H35N3O/c1-14(2)17-16(13-20)9-6-8-15(12-16)19(5)11-7-10-18(3)4/h14-15,17,20H,6-13H2,1-5H3. The maximum absolute atomic E-state index is 9.85. The Morgan fingerprint density at radius 2 is 1.95 bits per heavy atom. The Bertz CT molecular complexity index is 270. The molecule has 0 heterocycles. The van der Waals surface area contributed by atoms with Crippen molar-refractivity contribution in [2.45, 2.75) is 63.6 Å². The Morgan fingerprint density at radius 1 is 1.25 bits per heavy atom. The van der Waals surface area contributed by atoms with Crippen LogP contribution in [0.1, 0.15) is 46.0 Å². The average Bonchev–Trinajstić information content (AvgIpc) is 2.37. The fourth-order valence-corrected chi connectivity index (χ4v) is 3.46. The van der Waals surface area contributed by atoms with Crippen LogP contribution in [0.25, 0.3) is 0 Å². The van der Waals surface area contributed by atoms with Crippen LogP contribution in [0, 0.1) is 0 Å². The van der Waals surface area contributed by atoms with Crippen LogP contribution in [-0.2, 0) is 0 Å². The van der Waals surface area contributed by atoms with Crippen LogP contribution < -0.4 is 5.32 Å². The molecule has 120 valence electrons. The number of hydrogen-bond acceptors (Lipinski definition) is 4. The number of rotatable bonds is 8. The Morgan fingerprint density at radius 3 is 2.50 bits per heavy atom. The Balaban J connectivity index is 2.49. The molecule has 0 aromatic carbocycles. The van der Waals surface area contributed by atoms with Crippen molar-refractivity contribution in [1.82, 2.24) is 15.1 Å². The van der Waals surface area contributed by atoms with Gasteiger partial charge in [-0.25, -0.2) is 0 Å². The Kier molecular flexibility index (Phi) is 7.45. The SMILES string of the molecule is CC(C)NC1(CO)CCCC(N(C)CCCN(C)C)C1. The highest BCUT2D eigenvalue weighted by molar-refractivity contribution is 4.96. The maximum Gasteiger partial charge on any atom is 0.0613 e. The summed E-state index contributed by atoms with van der Waals surface area (Å²) in [4.78, 5) is 4.74. The number of nitrogens with zero attached hydrogens (tertiary/aromatic N) is 2. The molecule has 0 saturated heterocycles. The summed E-state index contributed by atoms with van der Waals surface area (Å²) in [6.07, 6.45) is 5.86. The molecule has 1 rings (SSSR count). The first kappa shape index (κ1) is 17.9. The number of aliphatic hydroxyl groups excluding tert-OH is 1. The third kappa shape index (κ3) is 5.68. The van der Waals surface area contributed by atoms with Gasteiger partial charge in [0.2, 0.25) is 0 Å². The summed E-state index contributed by atoms with van der Waals surface area (Å²) in [7, 11) is 6.50. The molecule has 0 aliphatic heterocycles. The van der Waals surface area contributed by atoms with Crippen LogP contribution in [0.3, 0.4) is 0 Å². The lowest BCUT2D eigenvalue weighted by Crippen LogP contribution is -2.57. The first-order valence-corrected chi connectivity index (χ1v) is 8.12. The summed E-state index contributed by atoms with van der Waals surface area (Å²) in [6.45, 7) is 6.88. The fourth-order valence-electron chi connectivity index (χ4n) is 3.46. The minimum absolute atomic E-state index is 0.0626. The van der Waals surface area contributed by atoms with Gasteiger partial charge in [0.1, 0.15) is 0 Å². The molecule has 2 atom stereocenters. The third-order valence-corrected chi connectivity index (χ3v) is 4.46. The number of aliphatic hydroxyl groups is 1. The van der Waals surface area contributed by atoms with Gasteiger partial charge in [-0.05, 0) is 66.3 Å². The van der Waals surface area contributed by atoms with E-state index in [4.69, 9.17) is 0 Å². The quantitative estimate of drug-likeness (QED) is 0.710. The molecule has 0 amide bonds. The molecule has 4 heteroatoms. The van der Waals surface area contributed by atoms with E-state index in [1.807, 2.05) is 0 Å². The number of hydrogen-bond donors (Lipinski definition) is 2. The van der Waals surface area contributed by atoms with E-state index in [1.165, 1.54) is 19.3 Å². The van der Waals surface area contributed by atoms with Gasteiger partial charge in [0.25, 0.3) is 0 Å². The molecule has 2 N–H and O–H groups in total. The van der Waals surface area contributed by atoms with E-state index >= 15 is 0 Å². The number of nitrogens with one attached hydrogen (secondary N) is 1. The normalized spacial score (nSPS) is 27.8. The molecule has 2 unspecified atom stereocenters. The lowest BCUT2D eigenvalue weighted by atomic mass is 9.78. The van der Waals surface area contributed by atoms with E-state index in [0.717, 1.165) is 25.9 Å². The minimum Gasteiger partial charge on any atom is -0.394 e. The van der Waals surface area contributed by atoms with Crippen LogP contribution >= 0.6 is 0 Å². The predicted molar refractivity (Wildman–Crippen MR) is 86.1 cm³/mol. The molecule has 4 nitrogen and oxygen atoms in total. The molecule has 1 saturated carbocycles. The summed E-state index contributed by atoms with van der Waals surface area (Å²) in [6, 6.07) is 1.03. The highest BCUT2D eigenvalue weighted by atomic mass is 16.3. The van der Waals surface area contributed by atoms with Gasteiger partial charge in [-0.3, -0.25) is 0 Å². The van der Waals surface area contributed by atoms with Crippen LogP contribution in [0.4, 0.5) is 0 Å². The van der Waals surface area contributed by atoms with Gasteiger partial charge in [0.05, 0.1) is 6.61 Å². The summed E-state index contributed by atoms with van der Waals surface area (Å²) >= 11 is 0. The van der Waals surface area contributed by atoms with Crippen LogP contribution in [0.2, 0.25) is 0 Å². The zero-order valence-corrected chi connectivity index (χ0v) is 14.2. The molecular formula is C16H35N3O. The summed E-state index contributed by atoms with van der Waals surface area (Å²) < 4.78 is 0. The van der Waals surface area contributed by atoms with Gasteiger partial charge in [0.15, 0.2) is 0 Å². The fraction of sp³-hybridized carbons (Fsp3) is 1.00. The second kappa shape index (κ2) is 8.32. The first-order valence-electron chi connectivity index (χ1n) is 8.12. The highest BCUT2D eigenvalue weighted by Crippen LogP contribution is 2.31. The zero-order valence-electron chi connectivity index (χ0n) is 14.2. The van der Waals surface area contributed by atoms with Crippen LogP contribution in [0.5, 0.6) is 0 Å². The van der Waals surface area contributed by atoms with Crippen LogP contribution in [-0.4, -0.2) is 73.4 Å². The second-order valence-electron chi connectivity index (χ2n) is 7.13. The predicted octanol–water partition coefficient (Wildman–Crippen LogP) is 1.54. The second-order valence-corrected chi connectivity index (χ2v) is 7.13. The van der Waals surface area contributed by atoms with Crippen LogP contribution in [0.15, 0.2) is 0 Å². The topological polar surface area (TPSA) is 38.7 Å². The third-order valence-electron chi connectivity index (χ3n) is 4.46. The molecule has 0 aromatic heterocycles. The van der Waals surface area contributed by atoms with Crippen molar-refractivity contribution in [2.24, 2.45) is 0 Å². The average molecular weight is 285 g/mol.